The first-order valence-corrected chi connectivity index (χ1v) is 5.66. The Labute approximate surface area is 94.9 Å². The number of hydrogen-bond acceptors (Lipinski definition) is 3. The predicted octanol–water partition coefficient (Wildman–Crippen LogP) is 2.18. The van der Waals surface area contributed by atoms with Crippen molar-refractivity contribution in [2.24, 2.45) is 0 Å². The fraction of sp³-hybridized carbons (Fsp3) is 0.500. The van der Waals surface area contributed by atoms with Crippen LogP contribution in [0.1, 0.15) is 37.5 Å². The summed E-state index contributed by atoms with van der Waals surface area (Å²) in [5.41, 5.74) is 1.01. The Morgan fingerprint density at radius 3 is 3.25 bits per heavy atom. The van der Waals surface area contributed by atoms with Crippen LogP contribution in [0.4, 0.5) is 0 Å². The standard InChI is InChI=1S/C12H16N2O2/c15-7-3-1-5-11-9-13-14(10-11)12-6-2-4-8-16-12/h1,5,7,9-10,12H,2-4,6,8H2/t12-/m0/s1. The quantitative estimate of drug-likeness (QED) is 0.730. The average Bonchev–Trinajstić information content (AvgIpc) is 2.79. The van der Waals surface area contributed by atoms with Crippen molar-refractivity contribution in [3.63, 3.8) is 0 Å². The van der Waals surface area contributed by atoms with E-state index in [4.69, 9.17) is 4.74 Å². The van der Waals surface area contributed by atoms with Gasteiger partial charge in [-0.2, -0.15) is 5.10 Å². The summed E-state index contributed by atoms with van der Waals surface area (Å²) < 4.78 is 7.48. The van der Waals surface area contributed by atoms with Crippen molar-refractivity contribution in [3.8, 4) is 0 Å². The van der Waals surface area contributed by atoms with E-state index in [-0.39, 0.29) is 6.23 Å². The topological polar surface area (TPSA) is 44.1 Å². The highest BCUT2D eigenvalue weighted by Crippen LogP contribution is 2.21. The Bertz CT molecular complexity index is 365. The van der Waals surface area contributed by atoms with E-state index in [1.165, 1.54) is 6.42 Å². The Balaban J connectivity index is 1.98. The Morgan fingerprint density at radius 2 is 2.50 bits per heavy atom. The number of carbonyl (C=O) groups is 1. The number of rotatable bonds is 4. The molecule has 0 spiro atoms. The number of carbonyl (C=O) groups excluding carboxylic acids is 1. The van der Waals surface area contributed by atoms with Crippen LogP contribution in [0, 0.1) is 0 Å². The molecule has 0 unspecified atom stereocenters. The van der Waals surface area contributed by atoms with Gasteiger partial charge in [-0.3, -0.25) is 0 Å². The monoisotopic (exact) mass is 220 g/mol. The lowest BCUT2D eigenvalue weighted by Crippen LogP contribution is -2.18. The zero-order valence-corrected chi connectivity index (χ0v) is 9.21. The average molecular weight is 220 g/mol. The molecule has 0 radical (unpaired) electrons. The lowest BCUT2D eigenvalue weighted by Gasteiger charge is -2.22. The molecule has 0 bridgehead atoms. The van der Waals surface area contributed by atoms with Crippen LogP contribution in [0.3, 0.4) is 0 Å². The molecule has 4 nitrogen and oxygen atoms in total. The molecule has 2 heterocycles. The van der Waals surface area contributed by atoms with E-state index in [2.05, 4.69) is 5.10 Å². The van der Waals surface area contributed by atoms with Gasteiger partial charge in [-0.1, -0.05) is 12.2 Å². The minimum atomic E-state index is 0.0852. The number of allylic oxidation sites excluding steroid dienone is 1. The van der Waals surface area contributed by atoms with Gasteiger partial charge in [0.25, 0.3) is 0 Å². The Morgan fingerprint density at radius 1 is 1.56 bits per heavy atom. The molecule has 4 heteroatoms. The third kappa shape index (κ3) is 2.79. The van der Waals surface area contributed by atoms with Crippen LogP contribution in [0.25, 0.3) is 6.08 Å². The molecule has 0 amide bonds. The Hall–Kier alpha value is -1.42. The third-order valence-corrected chi connectivity index (χ3v) is 2.61. The van der Waals surface area contributed by atoms with Gasteiger partial charge in [0.05, 0.1) is 6.20 Å². The second-order valence-corrected chi connectivity index (χ2v) is 3.88. The van der Waals surface area contributed by atoms with E-state index in [1.54, 1.807) is 6.20 Å². The van der Waals surface area contributed by atoms with Crippen LogP contribution in [-0.2, 0) is 9.53 Å². The van der Waals surface area contributed by atoms with E-state index < -0.39 is 0 Å². The third-order valence-electron chi connectivity index (χ3n) is 2.61. The molecule has 1 aliphatic heterocycles. The summed E-state index contributed by atoms with van der Waals surface area (Å²) in [7, 11) is 0. The first-order valence-electron chi connectivity index (χ1n) is 5.66. The molecule has 0 N–H and O–H groups in total. The van der Waals surface area contributed by atoms with Gasteiger partial charge >= 0.3 is 0 Å². The molecule has 16 heavy (non-hydrogen) atoms. The van der Waals surface area contributed by atoms with Crippen LogP contribution in [0.5, 0.6) is 0 Å². The van der Waals surface area contributed by atoms with Crippen LogP contribution in [0.2, 0.25) is 0 Å². The zero-order valence-electron chi connectivity index (χ0n) is 9.21. The Kier molecular flexibility index (Phi) is 3.88. The van der Waals surface area contributed by atoms with Crippen molar-refractivity contribution in [1.82, 2.24) is 9.78 Å². The first-order chi connectivity index (χ1) is 7.90. The molecule has 1 saturated heterocycles. The molecule has 1 aromatic rings. The van der Waals surface area contributed by atoms with Crippen molar-refractivity contribution < 1.29 is 9.53 Å². The lowest BCUT2D eigenvalue weighted by atomic mass is 10.2. The van der Waals surface area contributed by atoms with E-state index in [1.807, 2.05) is 23.0 Å². The van der Waals surface area contributed by atoms with Crippen molar-refractivity contribution in [2.45, 2.75) is 31.9 Å². The van der Waals surface area contributed by atoms with Gasteiger partial charge in [-0.05, 0) is 19.3 Å². The number of aromatic nitrogens is 2. The maximum Gasteiger partial charge on any atom is 0.150 e. The number of nitrogens with zero attached hydrogens (tertiary/aromatic N) is 2. The predicted molar refractivity (Wildman–Crippen MR) is 60.8 cm³/mol. The molecule has 1 atom stereocenters. The van der Waals surface area contributed by atoms with Gasteiger partial charge in [0.15, 0.2) is 0 Å². The first kappa shape index (κ1) is 11.1. The van der Waals surface area contributed by atoms with Gasteiger partial charge < -0.3 is 9.53 Å². The van der Waals surface area contributed by atoms with Gasteiger partial charge in [0.2, 0.25) is 0 Å². The largest absolute Gasteiger partial charge is 0.357 e. The summed E-state index contributed by atoms with van der Waals surface area (Å²) in [6.45, 7) is 0.820. The maximum absolute atomic E-state index is 10.2. The van der Waals surface area contributed by atoms with Gasteiger partial charge in [-0.25, -0.2) is 4.68 Å². The minimum absolute atomic E-state index is 0.0852. The summed E-state index contributed by atoms with van der Waals surface area (Å²) in [6.07, 6.45) is 12.3. The van der Waals surface area contributed by atoms with Crippen molar-refractivity contribution in [3.05, 3.63) is 24.0 Å². The molecule has 0 saturated carbocycles. The summed E-state index contributed by atoms with van der Waals surface area (Å²) >= 11 is 0. The van der Waals surface area contributed by atoms with Gasteiger partial charge in [0, 0.05) is 24.8 Å². The van der Waals surface area contributed by atoms with Crippen molar-refractivity contribution in [2.75, 3.05) is 6.61 Å². The van der Waals surface area contributed by atoms with E-state index in [9.17, 15) is 4.79 Å². The second-order valence-electron chi connectivity index (χ2n) is 3.88. The number of hydrogen-bond donors (Lipinski definition) is 0. The highest BCUT2D eigenvalue weighted by atomic mass is 16.5. The van der Waals surface area contributed by atoms with E-state index in [0.29, 0.717) is 6.42 Å². The smallest absolute Gasteiger partial charge is 0.150 e. The summed E-state index contributed by atoms with van der Waals surface area (Å²) in [4.78, 5) is 10.2. The van der Waals surface area contributed by atoms with Crippen LogP contribution in [0.15, 0.2) is 18.5 Å². The van der Waals surface area contributed by atoms with Gasteiger partial charge in [0.1, 0.15) is 12.5 Å². The molecular weight excluding hydrogens is 204 g/mol. The molecule has 0 aliphatic carbocycles. The molecule has 1 aromatic heterocycles. The van der Waals surface area contributed by atoms with E-state index >= 15 is 0 Å². The van der Waals surface area contributed by atoms with Crippen molar-refractivity contribution in [1.29, 1.82) is 0 Å². The molecule has 2 rings (SSSR count). The fourth-order valence-electron chi connectivity index (χ4n) is 1.79. The van der Waals surface area contributed by atoms with Crippen molar-refractivity contribution >= 4 is 12.4 Å². The summed E-state index contributed by atoms with van der Waals surface area (Å²) in [5, 5.41) is 4.27. The van der Waals surface area contributed by atoms with Gasteiger partial charge in [-0.15, -0.1) is 0 Å². The summed E-state index contributed by atoms with van der Waals surface area (Å²) in [5.74, 6) is 0. The maximum atomic E-state index is 10.2. The second kappa shape index (κ2) is 5.61. The van der Waals surface area contributed by atoms with E-state index in [0.717, 1.165) is 31.3 Å². The molecule has 0 aromatic carbocycles. The molecule has 1 aliphatic rings. The van der Waals surface area contributed by atoms with Crippen LogP contribution < -0.4 is 0 Å². The molecule has 1 fully saturated rings. The number of ether oxygens (including phenoxy) is 1. The van der Waals surface area contributed by atoms with Crippen LogP contribution >= 0.6 is 0 Å². The lowest BCUT2D eigenvalue weighted by molar-refractivity contribution is -0.107. The number of aldehydes is 1. The minimum Gasteiger partial charge on any atom is -0.357 e. The fourth-order valence-corrected chi connectivity index (χ4v) is 1.79. The molecular formula is C12H16N2O2. The normalized spacial score (nSPS) is 21.4. The highest BCUT2D eigenvalue weighted by molar-refractivity contribution is 5.57. The summed E-state index contributed by atoms with van der Waals surface area (Å²) in [6, 6.07) is 0. The molecule has 86 valence electrons. The highest BCUT2D eigenvalue weighted by Gasteiger charge is 2.15. The SMILES string of the molecule is O=CCC=Cc1cnn([C@@H]2CCCCO2)c1. The van der Waals surface area contributed by atoms with Crippen LogP contribution in [-0.4, -0.2) is 22.7 Å². The zero-order chi connectivity index (χ0) is 11.2.